The Balaban J connectivity index is 1.57. The lowest BCUT2D eigenvalue weighted by molar-refractivity contribution is -0.116. The molecule has 6 nitrogen and oxygen atoms in total. The molecule has 2 heterocycles. The lowest BCUT2D eigenvalue weighted by Crippen LogP contribution is -2.25. The summed E-state index contributed by atoms with van der Waals surface area (Å²) in [7, 11) is 0. The highest BCUT2D eigenvalue weighted by molar-refractivity contribution is 7.98. The summed E-state index contributed by atoms with van der Waals surface area (Å²) < 4.78 is 3.27. The van der Waals surface area contributed by atoms with Gasteiger partial charge in [-0.1, -0.05) is 54.1 Å². The number of hydrogen-bond donors (Lipinski definition) is 1. The molecule has 5 aromatic rings. The third-order valence-corrected chi connectivity index (χ3v) is 6.78. The zero-order chi connectivity index (χ0) is 23.7. The topological polar surface area (TPSA) is 68.9 Å². The van der Waals surface area contributed by atoms with Crippen LogP contribution in [-0.2, 0) is 17.9 Å². The first-order valence-corrected chi connectivity index (χ1v) is 12.3. The summed E-state index contributed by atoms with van der Waals surface area (Å²) in [6.07, 6.45) is 3.53. The molecule has 0 aliphatic heterocycles. The van der Waals surface area contributed by atoms with Gasteiger partial charge in [0.15, 0.2) is 0 Å². The molecule has 0 fully saturated rings. The Morgan fingerprint density at radius 2 is 1.85 bits per heavy atom. The van der Waals surface area contributed by atoms with Gasteiger partial charge in [0.2, 0.25) is 5.91 Å². The molecule has 0 spiro atoms. The maximum absolute atomic E-state index is 13.6. The van der Waals surface area contributed by atoms with Gasteiger partial charge in [0.05, 0.1) is 18.4 Å². The average Bonchev–Trinajstić information content (AvgIpc) is 3.16. The minimum Gasteiger partial charge on any atom is -0.325 e. The quantitative estimate of drug-likeness (QED) is 0.324. The summed E-state index contributed by atoms with van der Waals surface area (Å²) >= 11 is 7.92. The van der Waals surface area contributed by atoms with Crippen molar-refractivity contribution >= 4 is 56.9 Å². The number of thioether (sulfide) groups is 1. The zero-order valence-corrected chi connectivity index (χ0v) is 19.9. The Bertz CT molecular complexity index is 1590. The van der Waals surface area contributed by atoms with Crippen molar-refractivity contribution in [2.75, 3.05) is 11.6 Å². The summed E-state index contributed by atoms with van der Waals surface area (Å²) in [4.78, 5) is 32.2. The van der Waals surface area contributed by atoms with Crippen molar-refractivity contribution in [3.05, 3.63) is 100 Å². The van der Waals surface area contributed by atoms with E-state index in [0.29, 0.717) is 21.7 Å². The second-order valence-corrected chi connectivity index (χ2v) is 9.14. The molecule has 0 saturated heterocycles. The first-order chi connectivity index (χ1) is 16.5. The number of anilines is 1. The molecular weight excluding hydrogens is 468 g/mol. The van der Waals surface area contributed by atoms with Crippen LogP contribution in [0.3, 0.4) is 0 Å². The fourth-order valence-corrected chi connectivity index (χ4v) is 4.74. The van der Waals surface area contributed by atoms with Gasteiger partial charge in [-0.2, -0.15) is 0 Å². The van der Waals surface area contributed by atoms with Crippen LogP contribution >= 0.6 is 23.4 Å². The van der Waals surface area contributed by atoms with Crippen LogP contribution in [0.2, 0.25) is 5.02 Å². The normalized spacial score (nSPS) is 11.2. The number of para-hydroxylation sites is 1. The fourth-order valence-electron chi connectivity index (χ4n) is 4.08. The number of amides is 1. The number of benzene rings is 3. The average molecular weight is 489 g/mol. The van der Waals surface area contributed by atoms with Crippen molar-refractivity contribution in [2.45, 2.75) is 18.0 Å². The van der Waals surface area contributed by atoms with Crippen LogP contribution in [0.5, 0.6) is 0 Å². The van der Waals surface area contributed by atoms with E-state index in [9.17, 15) is 9.59 Å². The van der Waals surface area contributed by atoms with E-state index in [2.05, 4.69) is 10.3 Å². The van der Waals surface area contributed by atoms with Gasteiger partial charge in [-0.15, -0.1) is 11.8 Å². The van der Waals surface area contributed by atoms with Gasteiger partial charge in [-0.25, -0.2) is 4.98 Å². The lowest BCUT2D eigenvalue weighted by Gasteiger charge is -2.11. The SMILES string of the molecule is CSc1cccc(NC(=O)Cn2c3ccccc3c3ncn(Cc4ccccc4Cl)c(=O)c32)c1. The number of fused-ring (bicyclic) bond motifs is 3. The molecule has 5 rings (SSSR count). The number of nitrogens with zero attached hydrogens (tertiary/aromatic N) is 3. The Kier molecular flexibility index (Phi) is 6.13. The van der Waals surface area contributed by atoms with E-state index < -0.39 is 0 Å². The Morgan fingerprint density at radius 1 is 1.06 bits per heavy atom. The van der Waals surface area contributed by atoms with Crippen molar-refractivity contribution in [1.29, 1.82) is 0 Å². The predicted octanol–water partition coefficient (Wildman–Crippen LogP) is 5.41. The maximum atomic E-state index is 13.6. The third-order valence-electron chi connectivity index (χ3n) is 5.69. The molecular formula is C26H21ClN4O2S. The van der Waals surface area contributed by atoms with Gasteiger partial charge < -0.3 is 9.88 Å². The van der Waals surface area contributed by atoms with E-state index >= 15 is 0 Å². The van der Waals surface area contributed by atoms with Crippen molar-refractivity contribution in [3.63, 3.8) is 0 Å². The number of carbonyl (C=O) groups excluding carboxylic acids is 1. The molecule has 0 radical (unpaired) electrons. The van der Waals surface area contributed by atoms with Crippen molar-refractivity contribution in [1.82, 2.24) is 14.1 Å². The van der Waals surface area contributed by atoms with E-state index in [1.807, 2.05) is 73.0 Å². The highest BCUT2D eigenvalue weighted by Crippen LogP contribution is 2.26. The van der Waals surface area contributed by atoms with Gasteiger partial charge in [-0.05, 0) is 42.2 Å². The molecule has 0 atom stereocenters. The molecule has 0 bridgehead atoms. The molecule has 0 aliphatic carbocycles. The summed E-state index contributed by atoms with van der Waals surface area (Å²) in [5.41, 5.74) is 3.06. The highest BCUT2D eigenvalue weighted by atomic mass is 35.5. The van der Waals surface area contributed by atoms with Crippen LogP contribution < -0.4 is 10.9 Å². The number of hydrogen-bond acceptors (Lipinski definition) is 4. The Labute approximate surface area is 205 Å². The van der Waals surface area contributed by atoms with Crippen LogP contribution in [0.25, 0.3) is 21.9 Å². The van der Waals surface area contributed by atoms with Crippen LogP contribution in [0.1, 0.15) is 5.56 Å². The molecule has 170 valence electrons. The number of aromatic nitrogens is 3. The van der Waals surface area contributed by atoms with Crippen molar-refractivity contribution < 1.29 is 4.79 Å². The Morgan fingerprint density at radius 3 is 2.68 bits per heavy atom. The van der Waals surface area contributed by atoms with Crippen LogP contribution in [-0.4, -0.2) is 26.3 Å². The van der Waals surface area contributed by atoms with Gasteiger partial charge >= 0.3 is 0 Å². The van der Waals surface area contributed by atoms with Crippen LogP contribution in [0.4, 0.5) is 5.69 Å². The standard InChI is InChI=1S/C26H21ClN4O2S/c1-34-19-9-6-8-18(13-19)29-23(32)15-31-22-12-5-3-10-20(22)24-25(31)26(33)30(16-28-24)14-17-7-2-4-11-21(17)27/h2-13,16H,14-15H2,1H3,(H,29,32). The van der Waals surface area contributed by atoms with E-state index in [1.54, 1.807) is 28.7 Å². The van der Waals surface area contributed by atoms with Crippen molar-refractivity contribution in [3.8, 4) is 0 Å². The predicted molar refractivity (Wildman–Crippen MR) is 139 cm³/mol. The van der Waals surface area contributed by atoms with E-state index in [1.165, 1.54) is 4.57 Å². The molecule has 3 aromatic carbocycles. The molecule has 1 amide bonds. The molecule has 0 saturated carbocycles. The zero-order valence-electron chi connectivity index (χ0n) is 18.4. The molecule has 34 heavy (non-hydrogen) atoms. The molecule has 0 aliphatic rings. The minimum atomic E-state index is -0.224. The Hall–Kier alpha value is -3.55. The van der Waals surface area contributed by atoms with Crippen LogP contribution in [0, 0.1) is 0 Å². The first-order valence-electron chi connectivity index (χ1n) is 10.7. The lowest BCUT2D eigenvalue weighted by atomic mass is 10.2. The molecule has 8 heteroatoms. The van der Waals surface area contributed by atoms with E-state index in [4.69, 9.17) is 11.6 Å². The summed E-state index contributed by atoms with van der Waals surface area (Å²) in [5, 5.41) is 4.36. The monoisotopic (exact) mass is 488 g/mol. The fraction of sp³-hybridized carbons (Fsp3) is 0.115. The largest absolute Gasteiger partial charge is 0.325 e. The minimum absolute atomic E-state index is 0.0134. The first kappa shape index (κ1) is 22.3. The number of carbonyl (C=O) groups is 1. The van der Waals surface area contributed by atoms with Crippen molar-refractivity contribution in [2.24, 2.45) is 0 Å². The third kappa shape index (κ3) is 4.20. The summed E-state index contributed by atoms with van der Waals surface area (Å²) in [5.74, 6) is -0.221. The highest BCUT2D eigenvalue weighted by Gasteiger charge is 2.18. The smallest absolute Gasteiger partial charge is 0.278 e. The second-order valence-electron chi connectivity index (χ2n) is 7.85. The van der Waals surface area contributed by atoms with Gasteiger partial charge in [-0.3, -0.25) is 14.2 Å². The van der Waals surface area contributed by atoms with Gasteiger partial charge in [0, 0.05) is 21.0 Å². The second kappa shape index (κ2) is 9.37. The number of rotatable bonds is 6. The van der Waals surface area contributed by atoms with Crippen LogP contribution in [0.15, 0.2) is 88.8 Å². The van der Waals surface area contributed by atoms with E-state index in [-0.39, 0.29) is 24.6 Å². The number of halogens is 1. The summed E-state index contributed by atoms with van der Waals surface area (Å²) in [6, 6.07) is 22.7. The molecule has 0 unspecified atom stereocenters. The molecule has 1 N–H and O–H groups in total. The summed E-state index contributed by atoms with van der Waals surface area (Å²) in [6.45, 7) is 0.275. The van der Waals surface area contributed by atoms with Gasteiger partial charge in [0.1, 0.15) is 17.6 Å². The van der Waals surface area contributed by atoms with E-state index in [0.717, 1.165) is 21.4 Å². The number of nitrogens with one attached hydrogen (secondary N) is 1. The maximum Gasteiger partial charge on any atom is 0.278 e. The molecule has 2 aromatic heterocycles. The van der Waals surface area contributed by atoms with Gasteiger partial charge in [0.25, 0.3) is 5.56 Å².